The summed E-state index contributed by atoms with van der Waals surface area (Å²) in [6.07, 6.45) is 0. The zero-order valence-electron chi connectivity index (χ0n) is 1.98. The van der Waals surface area contributed by atoms with E-state index in [1.165, 1.54) is 0 Å². The Hall–Kier alpha value is 1.13. The van der Waals surface area contributed by atoms with E-state index in [-0.39, 0.29) is 18.9 Å². The van der Waals surface area contributed by atoms with Gasteiger partial charge in [0.25, 0.3) is 0 Å². The zero-order chi connectivity index (χ0) is 4.50. The molecule has 0 atom stereocenters. The van der Waals surface area contributed by atoms with Crippen LogP contribution < -0.4 is 0 Å². The average Bonchev–Trinajstić information content (AvgIpc) is 0.722. The van der Waals surface area contributed by atoms with Crippen LogP contribution in [-0.4, -0.2) is 27.3 Å². The van der Waals surface area contributed by atoms with Gasteiger partial charge in [0.1, 0.15) is 0 Å². The number of rotatable bonds is 0. The van der Waals surface area contributed by atoms with E-state index < -0.39 is 8.26 Å². The van der Waals surface area contributed by atoms with Crippen molar-refractivity contribution in [2.45, 2.75) is 0 Å². The first-order valence-corrected chi connectivity index (χ1v) is 3.78. The van der Waals surface area contributed by atoms with Crippen LogP contribution in [0.25, 0.3) is 0 Å². The van der Waals surface area contributed by atoms with E-state index in [1.54, 1.807) is 0 Å². The van der Waals surface area contributed by atoms with E-state index in [9.17, 15) is 0 Å². The number of hydrogen-bond acceptors (Lipinski definition) is 2. The molecule has 0 amide bonds. The second kappa shape index (κ2) is 3.17. The van der Waals surface area contributed by atoms with E-state index in [1.807, 2.05) is 0 Å². The van der Waals surface area contributed by atoms with Gasteiger partial charge >= 0.3 is 27.1 Å². The topological polar surface area (TPSA) is 34.1 Å². The Labute approximate surface area is 56.9 Å². The minimum atomic E-state index is -3.72. The van der Waals surface area contributed by atoms with Crippen molar-refractivity contribution >= 4 is 48.5 Å². The first-order valence-electron chi connectivity index (χ1n) is 0.642. The van der Waals surface area contributed by atoms with Crippen LogP contribution in [0.5, 0.6) is 0 Å². The van der Waals surface area contributed by atoms with Gasteiger partial charge in [-0.2, -0.15) is 8.42 Å². The van der Waals surface area contributed by atoms with Crippen molar-refractivity contribution in [1.82, 2.24) is 0 Å². The molecule has 0 radical (unpaired) electrons. The molecule has 0 saturated heterocycles. The predicted octanol–water partition coefficient (Wildman–Crippen LogP) is 0.0603. The predicted molar refractivity (Wildman–Crippen MR) is 27.8 cm³/mol. The first-order chi connectivity index (χ1) is 2.00. The van der Waals surface area contributed by atoms with E-state index in [0.717, 1.165) is 0 Å². The molecule has 0 fully saturated rings. The Morgan fingerprint density at radius 3 is 1.17 bits per heavy atom. The van der Waals surface area contributed by atoms with Crippen LogP contribution in [0.2, 0.25) is 0 Å². The van der Waals surface area contributed by atoms with Crippen molar-refractivity contribution < 1.29 is 8.42 Å². The molecule has 6 heavy (non-hydrogen) atoms. The molecule has 0 bridgehead atoms. The Balaban J connectivity index is 0. The van der Waals surface area contributed by atoms with Gasteiger partial charge in [-0.1, -0.05) is 0 Å². The van der Waals surface area contributed by atoms with E-state index in [0.29, 0.717) is 0 Å². The molecule has 0 aliphatic rings. The normalized spacial score (nSPS) is 9.67. The molecular formula is HCl2LiO2S. The zero-order valence-corrected chi connectivity index (χ0v) is 4.31. The summed E-state index contributed by atoms with van der Waals surface area (Å²) in [4.78, 5) is 0. The third-order valence-corrected chi connectivity index (χ3v) is 0. The fraction of sp³-hybridized carbons (Fsp3) is 0. The Morgan fingerprint density at radius 2 is 1.17 bits per heavy atom. The Morgan fingerprint density at radius 1 is 1.17 bits per heavy atom. The second-order valence-electron chi connectivity index (χ2n) is 0.378. The second-order valence-corrected chi connectivity index (χ2v) is 4.05. The Kier molecular flexibility index (Phi) is 5.38. The van der Waals surface area contributed by atoms with Gasteiger partial charge in [-0.05, 0) is 0 Å². The SMILES string of the molecule is O=S(=O)(Cl)Cl.[LiH]. The first kappa shape index (κ1) is 10.2. The van der Waals surface area contributed by atoms with E-state index in [4.69, 9.17) is 8.42 Å². The number of halogens is 2. The quantitative estimate of drug-likeness (QED) is 0.355. The summed E-state index contributed by atoms with van der Waals surface area (Å²) in [7, 11) is 4.81. The van der Waals surface area contributed by atoms with Gasteiger partial charge in [-0.15, -0.1) is 0 Å². The summed E-state index contributed by atoms with van der Waals surface area (Å²) in [5.41, 5.74) is 0. The van der Waals surface area contributed by atoms with Gasteiger partial charge in [0.2, 0.25) is 0 Å². The molecule has 0 aliphatic heterocycles. The van der Waals surface area contributed by atoms with Crippen LogP contribution in [0.3, 0.4) is 0 Å². The molecule has 0 aromatic carbocycles. The summed E-state index contributed by atoms with van der Waals surface area (Å²) in [5, 5.41) is 0. The van der Waals surface area contributed by atoms with E-state index in [2.05, 4.69) is 21.4 Å². The molecule has 6 heteroatoms. The third kappa shape index (κ3) is 68.7. The molecule has 0 heterocycles. The third-order valence-electron chi connectivity index (χ3n) is 0. The molecule has 0 unspecified atom stereocenters. The molecule has 0 aromatic heterocycles. The maximum atomic E-state index is 9.16. The molecule has 0 aliphatic carbocycles. The molecule has 2 nitrogen and oxygen atoms in total. The average molecular weight is 143 g/mol. The fourth-order valence-corrected chi connectivity index (χ4v) is 0. The van der Waals surface area contributed by atoms with Crippen molar-refractivity contribution in [2.24, 2.45) is 0 Å². The van der Waals surface area contributed by atoms with Gasteiger partial charge in [-0.3, -0.25) is 0 Å². The monoisotopic (exact) mass is 142 g/mol. The fourth-order valence-electron chi connectivity index (χ4n) is 0. The van der Waals surface area contributed by atoms with Gasteiger partial charge < -0.3 is 0 Å². The summed E-state index contributed by atoms with van der Waals surface area (Å²) in [5.74, 6) is 0. The number of hydrogen-bond donors (Lipinski definition) is 0. The van der Waals surface area contributed by atoms with Gasteiger partial charge in [-0.25, -0.2) is 0 Å². The Bertz CT molecular complexity index is 94.7. The van der Waals surface area contributed by atoms with Crippen molar-refractivity contribution in [3.8, 4) is 0 Å². The van der Waals surface area contributed by atoms with Crippen molar-refractivity contribution in [2.75, 3.05) is 0 Å². The molecule has 0 aromatic rings. The maximum absolute atomic E-state index is 9.16. The molecule has 34 valence electrons. The van der Waals surface area contributed by atoms with E-state index >= 15 is 0 Å². The van der Waals surface area contributed by atoms with Crippen LogP contribution in [0, 0.1) is 0 Å². The van der Waals surface area contributed by atoms with Crippen molar-refractivity contribution in [1.29, 1.82) is 0 Å². The molecule has 0 spiro atoms. The van der Waals surface area contributed by atoms with Gasteiger partial charge in [0.05, 0.1) is 0 Å². The van der Waals surface area contributed by atoms with Crippen LogP contribution >= 0.6 is 21.4 Å². The minimum absolute atomic E-state index is 0. The van der Waals surface area contributed by atoms with Gasteiger partial charge in [0, 0.05) is 21.4 Å². The van der Waals surface area contributed by atoms with Crippen LogP contribution in [-0.2, 0) is 8.26 Å². The van der Waals surface area contributed by atoms with Crippen LogP contribution in [0.15, 0.2) is 0 Å². The van der Waals surface area contributed by atoms with Crippen LogP contribution in [0.4, 0.5) is 0 Å². The molecule has 0 N–H and O–H groups in total. The summed E-state index contributed by atoms with van der Waals surface area (Å²) < 4.78 is 18.3. The van der Waals surface area contributed by atoms with Crippen molar-refractivity contribution in [3.63, 3.8) is 0 Å². The standard InChI is InChI=1S/Cl2O2S.Li.H/c1-5(2,3)4;;. The van der Waals surface area contributed by atoms with Crippen LogP contribution in [0.1, 0.15) is 0 Å². The molecular weight excluding hydrogens is 142 g/mol. The van der Waals surface area contributed by atoms with Gasteiger partial charge in [0.15, 0.2) is 0 Å². The molecule has 0 saturated carbocycles. The van der Waals surface area contributed by atoms with Crippen molar-refractivity contribution in [3.05, 3.63) is 0 Å². The molecule has 0 rings (SSSR count). The summed E-state index contributed by atoms with van der Waals surface area (Å²) in [6, 6.07) is 0. The summed E-state index contributed by atoms with van der Waals surface area (Å²) >= 11 is 0. The summed E-state index contributed by atoms with van der Waals surface area (Å²) in [6.45, 7) is 0.